The minimum atomic E-state index is -1.06. The van der Waals surface area contributed by atoms with Gasteiger partial charge in [0.25, 0.3) is 0 Å². The molecule has 1 aliphatic carbocycles. The zero-order valence-electron chi connectivity index (χ0n) is 19.6. The fourth-order valence-electron chi connectivity index (χ4n) is 4.86. The third-order valence-electron chi connectivity index (χ3n) is 6.92. The Bertz CT molecular complexity index is 1080. The molecule has 4 rings (SSSR count). The summed E-state index contributed by atoms with van der Waals surface area (Å²) in [7, 11) is 0. The quantitative estimate of drug-likeness (QED) is 0.491. The molecule has 1 heterocycles. The molecule has 0 bridgehead atoms. The van der Waals surface area contributed by atoms with E-state index in [9.17, 15) is 18.7 Å². The molecule has 0 aromatic heterocycles. The van der Waals surface area contributed by atoms with E-state index >= 15 is 0 Å². The van der Waals surface area contributed by atoms with Crippen LogP contribution in [0.25, 0.3) is 11.1 Å². The van der Waals surface area contributed by atoms with Gasteiger partial charge >= 0.3 is 6.09 Å². The van der Waals surface area contributed by atoms with Crippen molar-refractivity contribution in [2.45, 2.75) is 51.2 Å². The third kappa shape index (κ3) is 4.92. The van der Waals surface area contributed by atoms with E-state index in [1.54, 1.807) is 23.1 Å². The highest BCUT2D eigenvalue weighted by Crippen LogP contribution is 2.43. The summed E-state index contributed by atoms with van der Waals surface area (Å²) in [6.07, 6.45) is 4.83. The predicted molar refractivity (Wildman–Crippen MR) is 128 cm³/mol. The molecule has 2 aliphatic rings. The largest absolute Gasteiger partial charge is 0.438 e. The van der Waals surface area contributed by atoms with Crippen molar-refractivity contribution in [2.24, 2.45) is 5.92 Å². The number of aliphatic hydroxyl groups excluding tert-OH is 1. The van der Waals surface area contributed by atoms with Gasteiger partial charge in [0, 0.05) is 25.1 Å². The second-order valence-electron chi connectivity index (χ2n) is 9.28. The number of hydrogen-bond donors (Lipinski definition) is 1. The number of halogens is 2. The van der Waals surface area contributed by atoms with Gasteiger partial charge in [-0.2, -0.15) is 0 Å². The molecular formula is C28H31F2NO3. The maximum absolute atomic E-state index is 14.8. The van der Waals surface area contributed by atoms with Crippen LogP contribution in [0.5, 0.6) is 0 Å². The summed E-state index contributed by atoms with van der Waals surface area (Å²) in [6, 6.07) is 13.9. The number of hydrogen-bond acceptors (Lipinski definition) is 3. The van der Waals surface area contributed by atoms with Crippen LogP contribution in [0.15, 0.2) is 72.1 Å². The summed E-state index contributed by atoms with van der Waals surface area (Å²) in [6.45, 7) is 4.33. The van der Waals surface area contributed by atoms with E-state index in [0.717, 1.165) is 16.7 Å². The maximum Gasteiger partial charge on any atom is 0.411 e. The Kier molecular flexibility index (Phi) is 7.17. The number of aliphatic hydroxyl groups is 1. The SMILES string of the molecule is CC1C=C([C@@]2(CCCO)CCN([C@@H](C)c3ccc(-c4ccc(F)cc4)cc3)C(=O)O2)C(F)=CC1. The first-order chi connectivity index (χ1) is 16.3. The van der Waals surface area contributed by atoms with Crippen molar-refractivity contribution in [3.05, 3.63) is 83.5 Å². The molecule has 1 aliphatic heterocycles. The minimum absolute atomic E-state index is 0.0476. The first-order valence-electron chi connectivity index (χ1n) is 11.9. The molecule has 1 N–H and O–H groups in total. The van der Waals surface area contributed by atoms with E-state index in [-0.39, 0.29) is 30.2 Å². The number of carbonyl (C=O) groups is 1. The number of rotatable bonds is 7. The van der Waals surface area contributed by atoms with Crippen molar-refractivity contribution in [3.8, 4) is 11.1 Å². The summed E-state index contributed by atoms with van der Waals surface area (Å²) in [5.41, 5.74) is 2.20. The number of benzene rings is 2. The van der Waals surface area contributed by atoms with E-state index in [0.29, 0.717) is 37.8 Å². The molecular weight excluding hydrogens is 436 g/mol. The predicted octanol–water partition coefficient (Wildman–Crippen LogP) is 6.73. The summed E-state index contributed by atoms with van der Waals surface area (Å²) in [5, 5.41) is 9.40. The third-order valence-corrected chi connectivity index (χ3v) is 6.92. The Balaban J connectivity index is 1.52. The molecule has 1 amide bonds. The van der Waals surface area contributed by atoms with Gasteiger partial charge < -0.3 is 14.7 Å². The summed E-state index contributed by atoms with van der Waals surface area (Å²) in [4.78, 5) is 14.8. The van der Waals surface area contributed by atoms with Crippen LogP contribution in [0.1, 0.15) is 51.1 Å². The number of nitrogens with zero attached hydrogens (tertiary/aromatic N) is 1. The smallest absolute Gasteiger partial charge is 0.411 e. The number of ether oxygens (including phenoxy) is 1. The van der Waals surface area contributed by atoms with E-state index in [1.807, 2.05) is 44.2 Å². The van der Waals surface area contributed by atoms with Crippen LogP contribution in [0, 0.1) is 11.7 Å². The Labute approximate surface area is 199 Å². The standard InChI is InChI=1S/C28H31F2NO3/c1-19-4-13-26(30)25(18-19)28(14-3-17-32)15-16-31(27(33)34-28)20(2)21-5-7-22(8-6-21)23-9-11-24(29)12-10-23/h5-13,18-20,32H,3-4,14-17H2,1-2H3/t19?,20-,28+/m0/s1. The van der Waals surface area contributed by atoms with Gasteiger partial charge in [0.1, 0.15) is 17.2 Å². The molecule has 3 atom stereocenters. The Morgan fingerprint density at radius 1 is 1.12 bits per heavy atom. The van der Waals surface area contributed by atoms with Gasteiger partial charge in [-0.3, -0.25) is 0 Å². The Morgan fingerprint density at radius 3 is 2.38 bits per heavy atom. The number of allylic oxidation sites excluding steroid dienone is 2. The minimum Gasteiger partial charge on any atom is -0.438 e. The molecule has 6 heteroatoms. The Morgan fingerprint density at radius 2 is 1.76 bits per heavy atom. The van der Waals surface area contributed by atoms with Gasteiger partial charge in [-0.05, 0) is 67.0 Å². The van der Waals surface area contributed by atoms with Crippen molar-refractivity contribution >= 4 is 6.09 Å². The highest BCUT2D eigenvalue weighted by molar-refractivity contribution is 5.71. The molecule has 4 nitrogen and oxygen atoms in total. The van der Waals surface area contributed by atoms with Gasteiger partial charge in [-0.25, -0.2) is 13.6 Å². The van der Waals surface area contributed by atoms with Gasteiger partial charge in [0.05, 0.1) is 6.04 Å². The van der Waals surface area contributed by atoms with Crippen LogP contribution in [0.3, 0.4) is 0 Å². The van der Waals surface area contributed by atoms with Crippen molar-refractivity contribution in [2.75, 3.05) is 13.2 Å². The van der Waals surface area contributed by atoms with Crippen LogP contribution in [-0.2, 0) is 4.74 Å². The fourth-order valence-corrected chi connectivity index (χ4v) is 4.86. The van der Waals surface area contributed by atoms with Gasteiger partial charge in [-0.15, -0.1) is 0 Å². The lowest BCUT2D eigenvalue weighted by atomic mass is 9.79. The molecule has 34 heavy (non-hydrogen) atoms. The summed E-state index contributed by atoms with van der Waals surface area (Å²) >= 11 is 0. The monoisotopic (exact) mass is 467 g/mol. The van der Waals surface area contributed by atoms with E-state index in [1.165, 1.54) is 12.1 Å². The second-order valence-corrected chi connectivity index (χ2v) is 9.28. The van der Waals surface area contributed by atoms with Crippen LogP contribution in [0.2, 0.25) is 0 Å². The highest BCUT2D eigenvalue weighted by atomic mass is 19.1. The van der Waals surface area contributed by atoms with Crippen molar-refractivity contribution < 1.29 is 23.4 Å². The Hall–Kier alpha value is -2.99. The van der Waals surface area contributed by atoms with E-state index in [4.69, 9.17) is 4.74 Å². The molecule has 180 valence electrons. The average Bonchev–Trinajstić information content (AvgIpc) is 2.84. The fraction of sp³-hybridized carbons (Fsp3) is 0.393. The van der Waals surface area contributed by atoms with E-state index < -0.39 is 11.7 Å². The zero-order chi connectivity index (χ0) is 24.3. The average molecular weight is 468 g/mol. The first kappa shape index (κ1) is 24.1. The van der Waals surface area contributed by atoms with Crippen LogP contribution >= 0.6 is 0 Å². The molecule has 0 saturated carbocycles. The summed E-state index contributed by atoms with van der Waals surface area (Å²) in [5.74, 6) is -0.445. The van der Waals surface area contributed by atoms with Crippen molar-refractivity contribution in [1.29, 1.82) is 0 Å². The molecule has 2 aromatic rings. The zero-order valence-corrected chi connectivity index (χ0v) is 19.6. The van der Waals surface area contributed by atoms with Gasteiger partial charge in [-0.1, -0.05) is 49.4 Å². The lowest BCUT2D eigenvalue weighted by molar-refractivity contribution is -0.0420. The number of amides is 1. The normalized spacial score (nSPS) is 23.7. The van der Waals surface area contributed by atoms with Crippen molar-refractivity contribution in [3.63, 3.8) is 0 Å². The van der Waals surface area contributed by atoms with Gasteiger partial charge in [0.15, 0.2) is 0 Å². The topological polar surface area (TPSA) is 49.8 Å². The highest BCUT2D eigenvalue weighted by Gasteiger charge is 2.46. The van der Waals surface area contributed by atoms with E-state index in [2.05, 4.69) is 0 Å². The van der Waals surface area contributed by atoms with Crippen molar-refractivity contribution in [1.82, 2.24) is 4.90 Å². The van der Waals surface area contributed by atoms with Crippen LogP contribution in [-0.4, -0.2) is 34.9 Å². The number of cyclic esters (lactones) is 1. The van der Waals surface area contributed by atoms with Gasteiger partial charge in [0.2, 0.25) is 0 Å². The summed E-state index contributed by atoms with van der Waals surface area (Å²) < 4.78 is 34.0. The molecule has 0 radical (unpaired) electrons. The lowest BCUT2D eigenvalue weighted by Gasteiger charge is -2.45. The number of carbonyl (C=O) groups excluding carboxylic acids is 1. The maximum atomic E-state index is 14.8. The van der Waals surface area contributed by atoms with Crippen LogP contribution < -0.4 is 0 Å². The first-order valence-corrected chi connectivity index (χ1v) is 11.9. The lowest BCUT2D eigenvalue weighted by Crippen LogP contribution is -2.51. The molecule has 1 unspecified atom stereocenters. The molecule has 1 saturated heterocycles. The molecule has 1 fully saturated rings. The molecule has 0 spiro atoms. The molecule has 2 aromatic carbocycles. The van der Waals surface area contributed by atoms with Crippen LogP contribution in [0.4, 0.5) is 13.6 Å². The second kappa shape index (κ2) is 10.1.